The number of hydrogen-bond donors (Lipinski definition) is 2. The van der Waals surface area contributed by atoms with Crippen molar-refractivity contribution >= 4 is 17.3 Å². The molecule has 1 aliphatic heterocycles. The van der Waals surface area contributed by atoms with Gasteiger partial charge in [0.2, 0.25) is 5.91 Å². The van der Waals surface area contributed by atoms with Crippen LogP contribution in [-0.4, -0.2) is 11.4 Å². The molecule has 6 heteroatoms. The van der Waals surface area contributed by atoms with E-state index in [0.717, 1.165) is 12.5 Å². The van der Waals surface area contributed by atoms with Gasteiger partial charge >= 0.3 is 6.18 Å². The Balaban J connectivity index is 2.07. The first kappa shape index (κ1) is 11.4. The van der Waals surface area contributed by atoms with Gasteiger partial charge in [-0.25, -0.2) is 0 Å². The van der Waals surface area contributed by atoms with Gasteiger partial charge in [0.1, 0.15) is 5.54 Å². The van der Waals surface area contributed by atoms with Gasteiger partial charge in [-0.15, -0.1) is 0 Å². The van der Waals surface area contributed by atoms with Crippen LogP contribution in [0.4, 0.5) is 24.5 Å². The zero-order valence-electron chi connectivity index (χ0n) is 9.40. The second kappa shape index (κ2) is 3.40. The van der Waals surface area contributed by atoms with E-state index in [1.54, 1.807) is 6.07 Å². The molecule has 1 aromatic carbocycles. The number of para-hydroxylation sites is 1. The molecule has 1 fully saturated rings. The van der Waals surface area contributed by atoms with Gasteiger partial charge in [-0.3, -0.25) is 4.79 Å². The second-order valence-corrected chi connectivity index (χ2v) is 4.74. The van der Waals surface area contributed by atoms with Crippen molar-refractivity contribution in [3.8, 4) is 0 Å². The first-order valence-electron chi connectivity index (χ1n) is 5.72. The van der Waals surface area contributed by atoms with Gasteiger partial charge in [0, 0.05) is 0 Å². The molecule has 0 saturated heterocycles. The van der Waals surface area contributed by atoms with Gasteiger partial charge in [-0.2, -0.15) is 13.2 Å². The molecule has 96 valence electrons. The minimum Gasteiger partial charge on any atom is -0.370 e. The lowest BCUT2D eigenvalue weighted by atomic mass is 9.74. The fourth-order valence-electron chi connectivity index (χ4n) is 2.46. The zero-order valence-corrected chi connectivity index (χ0v) is 9.40. The van der Waals surface area contributed by atoms with Crippen molar-refractivity contribution in [3.05, 3.63) is 23.8 Å². The molecule has 1 heterocycles. The molecular weight excluding hydrogens is 245 g/mol. The highest BCUT2D eigenvalue weighted by Gasteiger charge is 2.48. The average Bonchev–Trinajstić information content (AvgIpc) is 2.23. The molecule has 1 saturated carbocycles. The number of carbonyl (C=O) groups is 1. The average molecular weight is 256 g/mol. The predicted octanol–water partition coefficient (Wildman–Crippen LogP) is 2.99. The molecule has 0 aromatic heterocycles. The topological polar surface area (TPSA) is 41.1 Å². The summed E-state index contributed by atoms with van der Waals surface area (Å²) < 4.78 is 38.4. The van der Waals surface area contributed by atoms with Crippen LogP contribution < -0.4 is 10.6 Å². The number of hydrogen-bond acceptors (Lipinski definition) is 2. The van der Waals surface area contributed by atoms with Crippen molar-refractivity contribution in [2.75, 3.05) is 10.6 Å². The Morgan fingerprint density at radius 2 is 1.94 bits per heavy atom. The Hall–Kier alpha value is -1.72. The molecule has 3 rings (SSSR count). The first-order chi connectivity index (χ1) is 8.42. The van der Waals surface area contributed by atoms with E-state index < -0.39 is 17.3 Å². The highest BCUT2D eigenvalue weighted by atomic mass is 19.4. The third-order valence-corrected chi connectivity index (χ3v) is 3.62. The number of anilines is 2. The molecule has 1 amide bonds. The van der Waals surface area contributed by atoms with Crippen LogP contribution in [0.2, 0.25) is 0 Å². The van der Waals surface area contributed by atoms with E-state index in [-0.39, 0.29) is 11.6 Å². The third-order valence-electron chi connectivity index (χ3n) is 3.62. The normalized spacial score (nSPS) is 20.7. The van der Waals surface area contributed by atoms with Crippen LogP contribution in [0, 0.1) is 0 Å². The molecule has 0 bridgehead atoms. The van der Waals surface area contributed by atoms with E-state index in [9.17, 15) is 18.0 Å². The smallest absolute Gasteiger partial charge is 0.370 e. The second-order valence-electron chi connectivity index (χ2n) is 4.74. The maximum absolute atomic E-state index is 12.8. The predicted molar refractivity (Wildman–Crippen MR) is 60.3 cm³/mol. The summed E-state index contributed by atoms with van der Waals surface area (Å²) in [5, 5.41) is 5.37. The molecule has 3 nitrogen and oxygen atoms in total. The summed E-state index contributed by atoms with van der Waals surface area (Å²) in [6, 6.07) is 3.88. The van der Waals surface area contributed by atoms with Crippen LogP contribution in [0.1, 0.15) is 24.8 Å². The van der Waals surface area contributed by atoms with Crippen molar-refractivity contribution in [1.29, 1.82) is 0 Å². The Morgan fingerprint density at radius 3 is 2.50 bits per heavy atom. The lowest BCUT2D eigenvalue weighted by Crippen LogP contribution is -2.57. The van der Waals surface area contributed by atoms with Crippen molar-refractivity contribution in [1.82, 2.24) is 0 Å². The molecule has 2 aliphatic rings. The van der Waals surface area contributed by atoms with E-state index in [1.807, 2.05) is 0 Å². The van der Waals surface area contributed by atoms with Crippen LogP contribution in [0.5, 0.6) is 0 Å². The minimum atomic E-state index is -4.47. The SMILES string of the molecule is O=C1Nc2c(cccc2C(F)(F)F)NC12CCC2. The summed E-state index contributed by atoms with van der Waals surface area (Å²) in [6.45, 7) is 0. The Kier molecular flexibility index (Phi) is 2.15. The lowest BCUT2D eigenvalue weighted by Gasteiger charge is -2.45. The van der Waals surface area contributed by atoms with Crippen molar-refractivity contribution in [2.45, 2.75) is 31.0 Å². The molecule has 18 heavy (non-hydrogen) atoms. The number of carbonyl (C=O) groups excluding carboxylic acids is 1. The summed E-state index contributed by atoms with van der Waals surface area (Å²) in [4.78, 5) is 11.9. The molecule has 1 aromatic rings. The van der Waals surface area contributed by atoms with Gasteiger partial charge in [0.25, 0.3) is 0 Å². The summed E-state index contributed by atoms with van der Waals surface area (Å²) in [7, 11) is 0. The minimum absolute atomic E-state index is 0.160. The summed E-state index contributed by atoms with van der Waals surface area (Å²) in [5.74, 6) is -0.363. The molecule has 0 unspecified atom stereocenters. The quantitative estimate of drug-likeness (QED) is 0.749. The van der Waals surface area contributed by atoms with E-state index in [1.165, 1.54) is 6.07 Å². The van der Waals surface area contributed by atoms with Gasteiger partial charge in [0.05, 0.1) is 16.9 Å². The van der Waals surface area contributed by atoms with E-state index >= 15 is 0 Å². The number of rotatable bonds is 0. The maximum atomic E-state index is 12.8. The lowest BCUT2D eigenvalue weighted by molar-refractivity contribution is -0.137. The fourth-order valence-corrected chi connectivity index (χ4v) is 2.46. The Labute approximate surface area is 101 Å². The van der Waals surface area contributed by atoms with Crippen LogP contribution in [-0.2, 0) is 11.0 Å². The third kappa shape index (κ3) is 1.48. The van der Waals surface area contributed by atoms with Crippen LogP contribution in [0.3, 0.4) is 0 Å². The molecule has 0 atom stereocenters. The van der Waals surface area contributed by atoms with Crippen LogP contribution in [0.25, 0.3) is 0 Å². The summed E-state index contributed by atoms with van der Waals surface area (Å²) in [5.41, 5.74) is -1.32. The van der Waals surface area contributed by atoms with Crippen molar-refractivity contribution in [2.24, 2.45) is 0 Å². The van der Waals surface area contributed by atoms with Crippen LogP contribution in [0.15, 0.2) is 18.2 Å². The molecule has 1 aliphatic carbocycles. The number of amides is 1. The highest BCUT2D eigenvalue weighted by molar-refractivity contribution is 6.07. The zero-order chi connectivity index (χ0) is 13.0. The van der Waals surface area contributed by atoms with Gasteiger partial charge in [0.15, 0.2) is 0 Å². The van der Waals surface area contributed by atoms with Crippen molar-refractivity contribution < 1.29 is 18.0 Å². The monoisotopic (exact) mass is 256 g/mol. The molecule has 1 spiro atoms. The molecule has 0 radical (unpaired) electrons. The number of alkyl halides is 3. The van der Waals surface area contributed by atoms with Gasteiger partial charge < -0.3 is 10.6 Å². The number of benzene rings is 1. The number of nitrogens with one attached hydrogen (secondary N) is 2. The molecular formula is C12H11F3N2O. The Morgan fingerprint density at radius 1 is 1.22 bits per heavy atom. The first-order valence-corrected chi connectivity index (χ1v) is 5.72. The fraction of sp³-hybridized carbons (Fsp3) is 0.417. The van der Waals surface area contributed by atoms with Gasteiger partial charge in [-0.1, -0.05) is 6.07 Å². The maximum Gasteiger partial charge on any atom is 0.418 e. The molecule has 2 N–H and O–H groups in total. The van der Waals surface area contributed by atoms with Crippen molar-refractivity contribution in [3.63, 3.8) is 0 Å². The van der Waals surface area contributed by atoms with E-state index in [4.69, 9.17) is 0 Å². The number of halogens is 3. The highest BCUT2D eigenvalue weighted by Crippen LogP contribution is 2.46. The summed E-state index contributed by atoms with van der Waals surface area (Å²) >= 11 is 0. The largest absolute Gasteiger partial charge is 0.418 e. The summed E-state index contributed by atoms with van der Waals surface area (Å²) in [6.07, 6.45) is -2.23. The van der Waals surface area contributed by atoms with E-state index in [2.05, 4.69) is 10.6 Å². The van der Waals surface area contributed by atoms with Gasteiger partial charge in [-0.05, 0) is 31.4 Å². The number of fused-ring (bicyclic) bond motifs is 1. The standard InChI is InChI=1S/C12H11F3N2O/c13-12(14,15)7-3-1-4-8-9(7)16-10(18)11(17-8)5-2-6-11/h1,3-4,17H,2,5-6H2,(H,16,18). The van der Waals surface area contributed by atoms with Crippen LogP contribution >= 0.6 is 0 Å². The Bertz CT molecular complexity index is 521. The van der Waals surface area contributed by atoms with E-state index in [0.29, 0.717) is 18.5 Å².